The number of methoxy groups -OCH3 is 2. The molecule has 2 heterocycles. The first-order valence-corrected chi connectivity index (χ1v) is 9.75. The summed E-state index contributed by atoms with van der Waals surface area (Å²) in [6, 6.07) is 14.7. The van der Waals surface area contributed by atoms with Gasteiger partial charge in [0, 0.05) is 23.6 Å². The number of nitrogens with zero attached hydrogens (tertiary/aromatic N) is 2. The molecular weight excluding hydrogens is 368 g/mol. The van der Waals surface area contributed by atoms with Gasteiger partial charge in [-0.05, 0) is 55.8 Å². The van der Waals surface area contributed by atoms with Gasteiger partial charge in [0.1, 0.15) is 11.5 Å². The molecule has 0 unspecified atom stereocenters. The number of amides is 1. The van der Waals surface area contributed by atoms with Crippen LogP contribution >= 0.6 is 0 Å². The third-order valence-electron chi connectivity index (χ3n) is 5.57. The predicted molar refractivity (Wildman–Crippen MR) is 110 cm³/mol. The van der Waals surface area contributed by atoms with Crippen LogP contribution < -0.4 is 9.47 Å². The minimum absolute atomic E-state index is 0.0404. The highest BCUT2D eigenvalue weighted by molar-refractivity contribution is 5.99. The molecule has 2 aliphatic rings. The van der Waals surface area contributed by atoms with Crippen LogP contribution in [0.5, 0.6) is 11.5 Å². The van der Waals surface area contributed by atoms with Gasteiger partial charge < -0.3 is 14.2 Å². The molecule has 1 amide bonds. The molecule has 152 valence electrons. The molecule has 0 saturated carbocycles. The highest BCUT2D eigenvalue weighted by Gasteiger charge is 2.46. The van der Waals surface area contributed by atoms with Gasteiger partial charge in [0.15, 0.2) is 0 Å². The van der Waals surface area contributed by atoms with E-state index in [0.717, 1.165) is 17.0 Å². The summed E-state index contributed by atoms with van der Waals surface area (Å²) in [6.07, 6.45) is 0.705. The second-order valence-electron chi connectivity index (χ2n) is 8.04. The zero-order valence-electron chi connectivity index (χ0n) is 17.2. The Hall–Kier alpha value is -2.86. The summed E-state index contributed by atoms with van der Waals surface area (Å²) < 4.78 is 16.6. The van der Waals surface area contributed by atoms with E-state index in [9.17, 15) is 4.79 Å². The Balaban J connectivity index is 1.70. The Bertz CT molecular complexity index is 919. The fourth-order valence-corrected chi connectivity index (χ4v) is 4.00. The van der Waals surface area contributed by atoms with Crippen LogP contribution in [0, 0.1) is 5.92 Å². The zero-order valence-corrected chi connectivity index (χ0v) is 17.2. The van der Waals surface area contributed by atoms with Crippen molar-refractivity contribution in [1.82, 2.24) is 5.01 Å². The number of hydrazone groups is 1. The standard InChI is InChI=1S/C23H26N2O4/c1-23(2)13-20-19(14-29-23)21(15-5-9-17(27-3)10-6-15)25(24-20)22(26)16-7-11-18(28-4)12-8-16/h5-12,19,21H,13-14H2,1-4H3/t19-,21+/m1/s1. The lowest BCUT2D eigenvalue weighted by Gasteiger charge is -2.36. The minimum Gasteiger partial charge on any atom is -0.497 e. The fraction of sp³-hybridized carbons (Fsp3) is 0.391. The monoisotopic (exact) mass is 394 g/mol. The first kappa shape index (κ1) is 19.5. The maximum atomic E-state index is 13.4. The van der Waals surface area contributed by atoms with Crippen LogP contribution in [0.1, 0.15) is 42.2 Å². The molecule has 0 aromatic heterocycles. The van der Waals surface area contributed by atoms with Gasteiger partial charge in [0.05, 0.1) is 32.5 Å². The Labute approximate surface area is 171 Å². The van der Waals surface area contributed by atoms with E-state index < -0.39 is 0 Å². The van der Waals surface area contributed by atoms with E-state index in [1.165, 1.54) is 0 Å². The number of rotatable bonds is 4. The topological polar surface area (TPSA) is 60.4 Å². The summed E-state index contributed by atoms with van der Waals surface area (Å²) in [4.78, 5) is 13.4. The van der Waals surface area contributed by atoms with Crippen molar-refractivity contribution in [2.45, 2.75) is 31.9 Å². The number of benzene rings is 2. The molecule has 6 nitrogen and oxygen atoms in total. The van der Waals surface area contributed by atoms with E-state index >= 15 is 0 Å². The molecule has 1 fully saturated rings. The SMILES string of the molecule is COc1ccc(C(=O)N2N=C3CC(C)(C)OC[C@H]3[C@@H]2c2ccc(OC)cc2)cc1. The molecule has 1 saturated heterocycles. The third kappa shape index (κ3) is 3.72. The van der Waals surface area contributed by atoms with Gasteiger partial charge in [-0.2, -0.15) is 5.10 Å². The van der Waals surface area contributed by atoms with Gasteiger partial charge in [-0.3, -0.25) is 4.79 Å². The number of carbonyl (C=O) groups excluding carboxylic acids is 1. The fourth-order valence-electron chi connectivity index (χ4n) is 4.00. The molecule has 0 aliphatic carbocycles. The second-order valence-corrected chi connectivity index (χ2v) is 8.04. The lowest BCUT2D eigenvalue weighted by atomic mass is 9.83. The van der Waals surface area contributed by atoms with E-state index in [2.05, 4.69) is 13.8 Å². The molecule has 4 rings (SSSR count). The van der Waals surface area contributed by atoms with Crippen LogP contribution in [0.4, 0.5) is 0 Å². The third-order valence-corrected chi connectivity index (χ3v) is 5.57. The molecule has 2 aliphatic heterocycles. The maximum Gasteiger partial charge on any atom is 0.274 e. The maximum absolute atomic E-state index is 13.4. The number of fused-ring (bicyclic) bond motifs is 1. The van der Waals surface area contributed by atoms with Gasteiger partial charge >= 0.3 is 0 Å². The Morgan fingerprint density at radius 1 is 1.03 bits per heavy atom. The summed E-state index contributed by atoms with van der Waals surface area (Å²) in [5.41, 5.74) is 2.33. The van der Waals surface area contributed by atoms with Crippen LogP contribution in [0.25, 0.3) is 0 Å². The first-order chi connectivity index (χ1) is 13.9. The van der Waals surface area contributed by atoms with Gasteiger partial charge in [-0.15, -0.1) is 0 Å². The number of carbonyl (C=O) groups is 1. The lowest BCUT2D eigenvalue weighted by molar-refractivity contribution is -0.0424. The smallest absolute Gasteiger partial charge is 0.274 e. The summed E-state index contributed by atoms with van der Waals surface area (Å²) in [5.74, 6) is 1.40. The van der Waals surface area contributed by atoms with Crippen molar-refractivity contribution in [2.75, 3.05) is 20.8 Å². The Morgan fingerprint density at radius 2 is 1.62 bits per heavy atom. The van der Waals surface area contributed by atoms with Crippen molar-refractivity contribution in [2.24, 2.45) is 11.0 Å². The van der Waals surface area contributed by atoms with Crippen LogP contribution in [0.15, 0.2) is 53.6 Å². The summed E-state index contributed by atoms with van der Waals surface area (Å²) >= 11 is 0. The van der Waals surface area contributed by atoms with E-state index in [0.29, 0.717) is 24.3 Å². The highest BCUT2D eigenvalue weighted by Crippen LogP contribution is 2.42. The predicted octanol–water partition coefficient (Wildman–Crippen LogP) is 4.07. The minimum atomic E-state index is -0.279. The van der Waals surface area contributed by atoms with Crippen LogP contribution in [-0.2, 0) is 4.74 Å². The lowest BCUT2D eigenvalue weighted by Crippen LogP contribution is -2.41. The summed E-state index contributed by atoms with van der Waals surface area (Å²) in [7, 11) is 3.25. The van der Waals surface area contributed by atoms with E-state index in [4.69, 9.17) is 19.3 Å². The largest absolute Gasteiger partial charge is 0.497 e. The summed E-state index contributed by atoms with van der Waals surface area (Å²) in [6.45, 7) is 4.65. The average Bonchev–Trinajstić information content (AvgIpc) is 3.10. The molecular formula is C23H26N2O4. The molecule has 2 atom stereocenters. The number of hydrogen-bond acceptors (Lipinski definition) is 5. The molecule has 0 radical (unpaired) electrons. The zero-order chi connectivity index (χ0) is 20.6. The molecule has 0 N–H and O–H groups in total. The first-order valence-electron chi connectivity index (χ1n) is 9.75. The van der Waals surface area contributed by atoms with E-state index in [-0.39, 0.29) is 23.5 Å². The van der Waals surface area contributed by atoms with Gasteiger partial charge in [-0.1, -0.05) is 12.1 Å². The van der Waals surface area contributed by atoms with Crippen molar-refractivity contribution in [3.05, 3.63) is 59.7 Å². The van der Waals surface area contributed by atoms with Crippen molar-refractivity contribution < 1.29 is 19.0 Å². The van der Waals surface area contributed by atoms with Crippen LogP contribution in [-0.4, -0.2) is 43.1 Å². The number of ether oxygens (including phenoxy) is 3. The quantitative estimate of drug-likeness (QED) is 0.784. The van der Waals surface area contributed by atoms with Crippen LogP contribution in [0.2, 0.25) is 0 Å². The average molecular weight is 394 g/mol. The van der Waals surface area contributed by atoms with Gasteiger partial charge in [0.25, 0.3) is 5.91 Å². The highest BCUT2D eigenvalue weighted by atomic mass is 16.5. The molecule has 0 spiro atoms. The number of hydrogen-bond donors (Lipinski definition) is 0. The molecule has 0 bridgehead atoms. The normalized spacial score (nSPS) is 22.6. The molecule has 2 aromatic rings. The van der Waals surface area contributed by atoms with Crippen molar-refractivity contribution in [3.63, 3.8) is 0 Å². The van der Waals surface area contributed by atoms with Crippen molar-refractivity contribution >= 4 is 11.6 Å². The van der Waals surface area contributed by atoms with Crippen molar-refractivity contribution in [3.8, 4) is 11.5 Å². The van der Waals surface area contributed by atoms with Crippen molar-refractivity contribution in [1.29, 1.82) is 0 Å². The Morgan fingerprint density at radius 3 is 2.21 bits per heavy atom. The van der Waals surface area contributed by atoms with E-state index in [1.807, 2.05) is 24.3 Å². The molecule has 2 aromatic carbocycles. The van der Waals surface area contributed by atoms with E-state index in [1.54, 1.807) is 43.5 Å². The second kappa shape index (κ2) is 7.52. The Kier molecular flexibility index (Phi) is 5.04. The van der Waals surface area contributed by atoms with Gasteiger partial charge in [-0.25, -0.2) is 5.01 Å². The summed E-state index contributed by atoms with van der Waals surface area (Å²) in [5, 5.41) is 6.40. The van der Waals surface area contributed by atoms with Crippen LogP contribution in [0.3, 0.4) is 0 Å². The molecule has 29 heavy (non-hydrogen) atoms. The molecule has 6 heteroatoms. The van der Waals surface area contributed by atoms with Gasteiger partial charge in [0.2, 0.25) is 0 Å².